The standard InChI is InChI=1S/C23H26N2O7S/c1-29-19-7-5-17(33(27,28)25-10-12-30-13-11-25)15-18(19)22(26)24-16-4-6-20-21(14-16)32-23(31-20)8-2-3-9-23/h4-7,14-15H,2-3,8-13H2,1H3,(H,24,26). The first kappa shape index (κ1) is 22.0. The Labute approximate surface area is 192 Å². The van der Waals surface area contributed by atoms with E-state index in [1.807, 2.05) is 0 Å². The Morgan fingerprint density at radius 1 is 1.03 bits per heavy atom. The van der Waals surface area contributed by atoms with E-state index in [4.69, 9.17) is 18.9 Å². The lowest BCUT2D eigenvalue weighted by molar-refractivity contribution is -0.0716. The lowest BCUT2D eigenvalue weighted by Gasteiger charge is -2.26. The molecule has 9 nitrogen and oxygen atoms in total. The van der Waals surface area contributed by atoms with Crippen LogP contribution in [0.25, 0.3) is 0 Å². The van der Waals surface area contributed by atoms with Gasteiger partial charge >= 0.3 is 0 Å². The summed E-state index contributed by atoms with van der Waals surface area (Å²) in [5.41, 5.74) is 0.637. The zero-order valence-corrected chi connectivity index (χ0v) is 19.2. The van der Waals surface area contributed by atoms with Gasteiger partial charge < -0.3 is 24.3 Å². The highest BCUT2D eigenvalue weighted by Crippen LogP contribution is 2.47. The van der Waals surface area contributed by atoms with Crippen LogP contribution in [0.15, 0.2) is 41.3 Å². The molecule has 2 fully saturated rings. The number of rotatable bonds is 5. The molecule has 5 rings (SSSR count). The van der Waals surface area contributed by atoms with Crippen LogP contribution >= 0.6 is 0 Å². The summed E-state index contributed by atoms with van der Waals surface area (Å²) in [6.07, 6.45) is 3.79. The minimum absolute atomic E-state index is 0.0317. The van der Waals surface area contributed by atoms with Gasteiger partial charge in [0, 0.05) is 37.7 Å². The SMILES string of the molecule is COc1ccc(S(=O)(=O)N2CCOCC2)cc1C(=O)Nc1ccc2c(c1)OC1(CCCC1)O2. The lowest BCUT2D eigenvalue weighted by Crippen LogP contribution is -2.40. The average Bonchev–Trinajstić information content (AvgIpc) is 3.44. The predicted octanol–water partition coefficient (Wildman–Crippen LogP) is 3.01. The Hall–Kier alpha value is -2.82. The normalized spacial score (nSPS) is 19.5. The van der Waals surface area contributed by atoms with Gasteiger partial charge in [-0.2, -0.15) is 4.31 Å². The van der Waals surface area contributed by atoms with Crippen molar-refractivity contribution in [3.05, 3.63) is 42.0 Å². The zero-order chi connectivity index (χ0) is 23.1. The van der Waals surface area contributed by atoms with Crippen molar-refractivity contribution in [2.75, 3.05) is 38.7 Å². The fourth-order valence-corrected chi connectivity index (χ4v) is 5.88. The summed E-state index contributed by atoms with van der Waals surface area (Å²) < 4.78 is 50.1. The van der Waals surface area contributed by atoms with Crippen molar-refractivity contribution in [3.63, 3.8) is 0 Å². The highest BCUT2D eigenvalue weighted by atomic mass is 32.2. The summed E-state index contributed by atoms with van der Waals surface area (Å²) in [6.45, 7) is 1.23. The highest BCUT2D eigenvalue weighted by molar-refractivity contribution is 7.89. The molecule has 10 heteroatoms. The molecule has 33 heavy (non-hydrogen) atoms. The van der Waals surface area contributed by atoms with E-state index >= 15 is 0 Å². The van der Waals surface area contributed by atoms with E-state index in [2.05, 4.69) is 5.32 Å². The molecule has 2 aromatic rings. The smallest absolute Gasteiger partial charge is 0.259 e. The van der Waals surface area contributed by atoms with Crippen LogP contribution in [-0.4, -0.2) is 57.8 Å². The molecule has 1 N–H and O–H groups in total. The summed E-state index contributed by atoms with van der Waals surface area (Å²) >= 11 is 0. The van der Waals surface area contributed by atoms with Crippen LogP contribution in [-0.2, 0) is 14.8 Å². The fraction of sp³-hybridized carbons (Fsp3) is 0.435. The quantitative estimate of drug-likeness (QED) is 0.711. The molecular formula is C23H26N2O7S. The number of hydrogen-bond donors (Lipinski definition) is 1. The molecule has 1 aliphatic carbocycles. The minimum Gasteiger partial charge on any atom is -0.496 e. The number of ether oxygens (including phenoxy) is 4. The Morgan fingerprint density at radius 3 is 2.48 bits per heavy atom. The van der Waals surface area contributed by atoms with Crippen LogP contribution in [0.2, 0.25) is 0 Å². The van der Waals surface area contributed by atoms with Crippen LogP contribution < -0.4 is 19.5 Å². The number of nitrogens with zero attached hydrogens (tertiary/aromatic N) is 1. The zero-order valence-electron chi connectivity index (χ0n) is 18.3. The Bertz CT molecular complexity index is 1170. The van der Waals surface area contributed by atoms with E-state index < -0.39 is 21.7 Å². The minimum atomic E-state index is -3.76. The molecule has 0 aromatic heterocycles. The van der Waals surface area contributed by atoms with Crippen LogP contribution in [0.4, 0.5) is 5.69 Å². The first-order chi connectivity index (χ1) is 15.9. The van der Waals surface area contributed by atoms with Gasteiger partial charge in [0.05, 0.1) is 30.8 Å². The number of sulfonamides is 1. The van der Waals surface area contributed by atoms with Crippen LogP contribution in [0, 0.1) is 0 Å². The molecule has 1 spiro atoms. The monoisotopic (exact) mass is 474 g/mol. The van der Waals surface area contributed by atoms with Crippen molar-refractivity contribution >= 4 is 21.6 Å². The predicted molar refractivity (Wildman–Crippen MR) is 119 cm³/mol. The van der Waals surface area contributed by atoms with Gasteiger partial charge in [-0.15, -0.1) is 0 Å². The van der Waals surface area contributed by atoms with E-state index in [9.17, 15) is 13.2 Å². The van der Waals surface area contributed by atoms with Gasteiger partial charge in [0.25, 0.3) is 11.7 Å². The van der Waals surface area contributed by atoms with Gasteiger partial charge in [0.1, 0.15) is 5.75 Å². The summed E-state index contributed by atoms with van der Waals surface area (Å²) in [6, 6.07) is 9.51. The topological polar surface area (TPSA) is 103 Å². The third-order valence-electron chi connectivity index (χ3n) is 6.18. The van der Waals surface area contributed by atoms with E-state index in [0.717, 1.165) is 25.7 Å². The summed E-state index contributed by atoms with van der Waals surface area (Å²) in [5, 5.41) is 2.82. The number of carbonyl (C=O) groups is 1. The molecule has 2 aromatic carbocycles. The average molecular weight is 475 g/mol. The molecule has 1 saturated heterocycles. The van der Waals surface area contributed by atoms with Gasteiger partial charge in [-0.25, -0.2) is 8.42 Å². The van der Waals surface area contributed by atoms with Crippen molar-refractivity contribution in [2.45, 2.75) is 36.4 Å². The number of amides is 1. The second kappa shape index (κ2) is 8.51. The maximum absolute atomic E-state index is 13.1. The third-order valence-corrected chi connectivity index (χ3v) is 8.08. The second-order valence-corrected chi connectivity index (χ2v) is 10.3. The molecule has 3 aliphatic rings. The number of fused-ring (bicyclic) bond motifs is 1. The maximum Gasteiger partial charge on any atom is 0.259 e. The highest BCUT2D eigenvalue weighted by Gasteiger charge is 2.44. The van der Waals surface area contributed by atoms with Gasteiger partial charge in [-0.3, -0.25) is 4.79 Å². The third kappa shape index (κ3) is 4.14. The molecule has 0 radical (unpaired) electrons. The molecule has 2 heterocycles. The second-order valence-electron chi connectivity index (χ2n) is 8.32. The molecular weight excluding hydrogens is 448 g/mol. The number of anilines is 1. The summed E-state index contributed by atoms with van der Waals surface area (Å²) in [5.74, 6) is 0.451. The number of benzene rings is 2. The Balaban J connectivity index is 1.38. The van der Waals surface area contributed by atoms with Crippen molar-refractivity contribution in [1.82, 2.24) is 4.31 Å². The number of carbonyl (C=O) groups excluding carboxylic acids is 1. The molecule has 0 bridgehead atoms. The van der Waals surface area contributed by atoms with E-state index in [1.165, 1.54) is 29.6 Å². The molecule has 176 valence electrons. The van der Waals surface area contributed by atoms with Crippen molar-refractivity contribution in [1.29, 1.82) is 0 Å². The fourth-order valence-electron chi connectivity index (χ4n) is 4.45. The van der Waals surface area contributed by atoms with Gasteiger partial charge in [0.2, 0.25) is 10.0 Å². The van der Waals surface area contributed by atoms with Gasteiger partial charge in [0.15, 0.2) is 11.5 Å². The number of morpholine rings is 1. The van der Waals surface area contributed by atoms with Crippen molar-refractivity contribution in [3.8, 4) is 17.2 Å². The summed E-state index contributed by atoms with van der Waals surface area (Å²) in [7, 11) is -2.32. The van der Waals surface area contributed by atoms with Crippen molar-refractivity contribution < 1.29 is 32.2 Å². The first-order valence-corrected chi connectivity index (χ1v) is 12.4. The van der Waals surface area contributed by atoms with Crippen LogP contribution in [0.1, 0.15) is 36.0 Å². The molecule has 1 saturated carbocycles. The lowest BCUT2D eigenvalue weighted by atomic mass is 10.1. The molecule has 0 unspecified atom stereocenters. The van der Waals surface area contributed by atoms with E-state index in [0.29, 0.717) is 30.4 Å². The number of methoxy groups -OCH3 is 1. The Kier molecular flexibility index (Phi) is 5.67. The first-order valence-electron chi connectivity index (χ1n) is 11.0. The number of hydrogen-bond acceptors (Lipinski definition) is 7. The van der Waals surface area contributed by atoms with E-state index in [-0.39, 0.29) is 29.3 Å². The van der Waals surface area contributed by atoms with Crippen LogP contribution in [0.3, 0.4) is 0 Å². The van der Waals surface area contributed by atoms with Gasteiger partial charge in [-0.05, 0) is 43.2 Å². The van der Waals surface area contributed by atoms with Crippen molar-refractivity contribution in [2.24, 2.45) is 0 Å². The van der Waals surface area contributed by atoms with Crippen LogP contribution in [0.5, 0.6) is 17.2 Å². The summed E-state index contributed by atoms with van der Waals surface area (Å²) in [4.78, 5) is 13.1. The largest absolute Gasteiger partial charge is 0.496 e. The molecule has 2 aliphatic heterocycles. The van der Waals surface area contributed by atoms with Gasteiger partial charge in [-0.1, -0.05) is 0 Å². The maximum atomic E-state index is 13.1. The number of nitrogens with one attached hydrogen (secondary N) is 1. The molecule has 1 amide bonds. The Morgan fingerprint density at radius 2 is 1.76 bits per heavy atom. The van der Waals surface area contributed by atoms with E-state index in [1.54, 1.807) is 18.2 Å². The molecule has 0 atom stereocenters.